The quantitative estimate of drug-likeness (QED) is 0.877. The summed E-state index contributed by atoms with van der Waals surface area (Å²) in [4.78, 5) is 11.3. The van der Waals surface area contributed by atoms with Crippen LogP contribution in [0.1, 0.15) is 17.2 Å². The molecule has 2 N–H and O–H groups in total. The summed E-state index contributed by atoms with van der Waals surface area (Å²) in [6, 6.07) is 12.5. The molecule has 0 heterocycles. The van der Waals surface area contributed by atoms with Crippen LogP contribution in [0.15, 0.2) is 53.0 Å². The molecule has 0 aliphatic rings. The predicted octanol–water partition coefficient (Wildman–Crippen LogP) is 3.50. The second kappa shape index (κ2) is 6.63. The van der Waals surface area contributed by atoms with Gasteiger partial charge in [-0.2, -0.15) is 0 Å². The fourth-order valence-electron chi connectivity index (χ4n) is 1.88. The lowest BCUT2D eigenvalue weighted by Gasteiger charge is -2.16. The van der Waals surface area contributed by atoms with E-state index in [1.807, 2.05) is 30.3 Å². The monoisotopic (exact) mass is 337 g/mol. The van der Waals surface area contributed by atoms with Gasteiger partial charge in [0, 0.05) is 16.6 Å². The summed E-state index contributed by atoms with van der Waals surface area (Å²) >= 11 is 3.22. The Bertz CT molecular complexity index is 604. The van der Waals surface area contributed by atoms with Crippen LogP contribution in [0.4, 0.5) is 4.39 Å². The number of carboxylic acid groups (broad SMARTS) is 1. The molecule has 2 rings (SSSR count). The van der Waals surface area contributed by atoms with Gasteiger partial charge in [0.1, 0.15) is 11.9 Å². The molecule has 1 unspecified atom stereocenters. The number of benzene rings is 2. The van der Waals surface area contributed by atoms with Gasteiger partial charge < -0.3 is 5.11 Å². The van der Waals surface area contributed by atoms with Gasteiger partial charge in [-0.05, 0) is 23.8 Å². The Morgan fingerprint density at radius 1 is 1.25 bits per heavy atom. The molecule has 0 fully saturated rings. The fraction of sp³-hybridized carbons (Fsp3) is 0.133. The molecular weight excluding hydrogens is 325 g/mol. The van der Waals surface area contributed by atoms with Crippen molar-refractivity contribution >= 4 is 21.9 Å². The van der Waals surface area contributed by atoms with E-state index in [0.717, 1.165) is 5.56 Å². The first-order valence-electron chi connectivity index (χ1n) is 6.03. The van der Waals surface area contributed by atoms with E-state index >= 15 is 0 Å². The van der Waals surface area contributed by atoms with Crippen molar-refractivity contribution in [3.63, 3.8) is 0 Å². The largest absolute Gasteiger partial charge is 0.480 e. The highest BCUT2D eigenvalue weighted by Crippen LogP contribution is 2.22. The van der Waals surface area contributed by atoms with Crippen molar-refractivity contribution in [3.05, 3.63) is 69.9 Å². The van der Waals surface area contributed by atoms with Gasteiger partial charge in [-0.1, -0.05) is 46.3 Å². The summed E-state index contributed by atoms with van der Waals surface area (Å²) in [6.45, 7) is 0.351. The van der Waals surface area contributed by atoms with Crippen LogP contribution >= 0.6 is 15.9 Å². The molecule has 0 amide bonds. The number of nitrogens with one attached hydrogen (secondary N) is 1. The van der Waals surface area contributed by atoms with Crippen LogP contribution in [0.5, 0.6) is 0 Å². The molecule has 0 aromatic heterocycles. The van der Waals surface area contributed by atoms with Crippen LogP contribution in [0, 0.1) is 5.82 Å². The average molecular weight is 338 g/mol. The van der Waals surface area contributed by atoms with E-state index in [-0.39, 0.29) is 5.56 Å². The SMILES string of the molecule is O=C(O)C(NCc1ccccc1)c1cc(Br)ccc1F. The lowest BCUT2D eigenvalue weighted by Crippen LogP contribution is -2.29. The molecule has 0 saturated carbocycles. The molecule has 0 saturated heterocycles. The predicted molar refractivity (Wildman–Crippen MR) is 77.8 cm³/mol. The zero-order valence-corrected chi connectivity index (χ0v) is 12.1. The smallest absolute Gasteiger partial charge is 0.325 e. The maximum atomic E-state index is 13.8. The van der Waals surface area contributed by atoms with Crippen LogP contribution in [0.3, 0.4) is 0 Å². The number of hydrogen-bond acceptors (Lipinski definition) is 2. The maximum Gasteiger partial charge on any atom is 0.325 e. The maximum absolute atomic E-state index is 13.8. The van der Waals surface area contributed by atoms with E-state index in [1.54, 1.807) is 0 Å². The number of aliphatic carboxylic acids is 1. The molecule has 0 aliphatic heterocycles. The molecular formula is C15H13BrFNO2. The van der Waals surface area contributed by atoms with Gasteiger partial charge in [-0.15, -0.1) is 0 Å². The highest BCUT2D eigenvalue weighted by atomic mass is 79.9. The topological polar surface area (TPSA) is 49.3 Å². The minimum atomic E-state index is -1.11. The van der Waals surface area contributed by atoms with Gasteiger partial charge in [0.15, 0.2) is 0 Å². The van der Waals surface area contributed by atoms with Gasteiger partial charge in [0.25, 0.3) is 0 Å². The number of carboxylic acids is 1. The van der Waals surface area contributed by atoms with Gasteiger partial charge in [0.2, 0.25) is 0 Å². The molecule has 3 nitrogen and oxygen atoms in total. The molecule has 104 valence electrons. The van der Waals surface area contributed by atoms with E-state index in [2.05, 4.69) is 21.2 Å². The van der Waals surface area contributed by atoms with Crippen molar-refractivity contribution < 1.29 is 14.3 Å². The van der Waals surface area contributed by atoms with Crippen molar-refractivity contribution in [2.75, 3.05) is 0 Å². The summed E-state index contributed by atoms with van der Waals surface area (Å²) in [6.07, 6.45) is 0. The molecule has 1 atom stereocenters. The van der Waals surface area contributed by atoms with Crippen LogP contribution in [-0.2, 0) is 11.3 Å². The van der Waals surface area contributed by atoms with E-state index in [9.17, 15) is 14.3 Å². The van der Waals surface area contributed by atoms with Crippen molar-refractivity contribution in [3.8, 4) is 0 Å². The third-order valence-corrected chi connectivity index (χ3v) is 3.36. The zero-order chi connectivity index (χ0) is 14.5. The van der Waals surface area contributed by atoms with Crippen molar-refractivity contribution in [2.45, 2.75) is 12.6 Å². The lowest BCUT2D eigenvalue weighted by atomic mass is 10.1. The third-order valence-electron chi connectivity index (χ3n) is 2.87. The van der Waals surface area contributed by atoms with E-state index < -0.39 is 17.8 Å². The molecule has 0 radical (unpaired) electrons. The van der Waals surface area contributed by atoms with Crippen LogP contribution in [0.25, 0.3) is 0 Å². The molecule has 2 aromatic carbocycles. The Hall–Kier alpha value is -1.72. The normalized spacial score (nSPS) is 12.1. The first-order valence-corrected chi connectivity index (χ1v) is 6.82. The summed E-state index contributed by atoms with van der Waals surface area (Å²) < 4.78 is 14.4. The Kier molecular flexibility index (Phi) is 4.87. The van der Waals surface area contributed by atoms with Gasteiger partial charge in [-0.3, -0.25) is 10.1 Å². The second-order valence-corrected chi connectivity index (χ2v) is 5.22. The Balaban J connectivity index is 2.19. The molecule has 2 aromatic rings. The molecule has 0 spiro atoms. The summed E-state index contributed by atoms with van der Waals surface area (Å²) in [5, 5.41) is 12.1. The standard InChI is InChI=1S/C15H13BrFNO2/c16-11-6-7-13(17)12(8-11)14(15(19)20)18-9-10-4-2-1-3-5-10/h1-8,14,18H,9H2,(H,19,20). The highest BCUT2D eigenvalue weighted by molar-refractivity contribution is 9.10. The highest BCUT2D eigenvalue weighted by Gasteiger charge is 2.22. The van der Waals surface area contributed by atoms with Crippen molar-refractivity contribution in [1.82, 2.24) is 5.32 Å². The van der Waals surface area contributed by atoms with Crippen molar-refractivity contribution in [2.24, 2.45) is 0 Å². The second-order valence-electron chi connectivity index (χ2n) is 4.30. The number of halogens is 2. The van der Waals surface area contributed by atoms with Crippen molar-refractivity contribution in [1.29, 1.82) is 0 Å². The minimum absolute atomic E-state index is 0.114. The van der Waals surface area contributed by atoms with Gasteiger partial charge in [0.05, 0.1) is 0 Å². The number of hydrogen-bond donors (Lipinski definition) is 2. The van der Waals surface area contributed by atoms with E-state index in [4.69, 9.17) is 0 Å². The summed E-state index contributed by atoms with van der Waals surface area (Å²) in [5.41, 5.74) is 1.05. The Morgan fingerprint density at radius 3 is 2.60 bits per heavy atom. The minimum Gasteiger partial charge on any atom is -0.480 e. The van der Waals surface area contributed by atoms with E-state index in [1.165, 1.54) is 18.2 Å². The first kappa shape index (κ1) is 14.7. The fourth-order valence-corrected chi connectivity index (χ4v) is 2.26. The molecule has 20 heavy (non-hydrogen) atoms. The molecule has 5 heteroatoms. The van der Waals surface area contributed by atoms with E-state index in [0.29, 0.717) is 11.0 Å². The zero-order valence-electron chi connectivity index (χ0n) is 10.5. The number of rotatable bonds is 5. The third kappa shape index (κ3) is 3.65. The van der Waals surface area contributed by atoms with Gasteiger partial charge in [-0.25, -0.2) is 4.39 Å². The Labute approximate surface area is 124 Å². The average Bonchev–Trinajstić information content (AvgIpc) is 2.43. The van der Waals surface area contributed by atoms with Crippen LogP contribution in [-0.4, -0.2) is 11.1 Å². The summed E-state index contributed by atoms with van der Waals surface area (Å²) in [5.74, 6) is -1.65. The number of carbonyl (C=O) groups is 1. The van der Waals surface area contributed by atoms with Gasteiger partial charge >= 0.3 is 5.97 Å². The molecule has 0 bridgehead atoms. The lowest BCUT2D eigenvalue weighted by molar-refractivity contribution is -0.139. The Morgan fingerprint density at radius 2 is 1.95 bits per heavy atom. The van der Waals surface area contributed by atoms with Crippen LogP contribution in [0.2, 0.25) is 0 Å². The van der Waals surface area contributed by atoms with Crippen LogP contribution < -0.4 is 5.32 Å². The molecule has 0 aliphatic carbocycles. The first-order chi connectivity index (χ1) is 9.58. The summed E-state index contributed by atoms with van der Waals surface area (Å²) in [7, 11) is 0.